The van der Waals surface area contributed by atoms with Crippen LogP contribution in [0, 0.1) is 0 Å². The minimum Gasteiger partial charge on any atom is -0.320 e. The lowest BCUT2D eigenvalue weighted by Crippen LogP contribution is -2.38. The van der Waals surface area contributed by atoms with Crippen molar-refractivity contribution in [3.63, 3.8) is 0 Å². The molecule has 1 N–H and O–H groups in total. The molecule has 0 bridgehead atoms. The Hall–Kier alpha value is -1.40. The van der Waals surface area contributed by atoms with E-state index in [0.717, 1.165) is 11.1 Å². The van der Waals surface area contributed by atoms with Gasteiger partial charge in [0.05, 0.1) is 11.3 Å². The topological polar surface area (TPSA) is 61.8 Å². The third-order valence-corrected chi connectivity index (χ3v) is 4.88. The van der Waals surface area contributed by atoms with E-state index in [1.54, 1.807) is 23.2 Å². The van der Waals surface area contributed by atoms with Crippen molar-refractivity contribution < 1.29 is 9.00 Å². The number of urea groups is 1. The van der Waals surface area contributed by atoms with E-state index in [1.165, 1.54) is 0 Å². The van der Waals surface area contributed by atoms with Crippen molar-refractivity contribution in [1.82, 2.24) is 4.90 Å². The van der Waals surface area contributed by atoms with Crippen LogP contribution in [0.5, 0.6) is 0 Å². The van der Waals surface area contributed by atoms with Crippen LogP contribution in [0.1, 0.15) is 38.8 Å². The Morgan fingerprint density at radius 3 is 2.73 bits per heavy atom. The van der Waals surface area contributed by atoms with Gasteiger partial charge in [-0.05, 0) is 39.8 Å². The van der Waals surface area contributed by atoms with Crippen LogP contribution in [0.3, 0.4) is 0 Å². The Morgan fingerprint density at radius 2 is 2.14 bits per heavy atom. The molecule has 0 radical (unpaired) electrons. The van der Waals surface area contributed by atoms with Crippen molar-refractivity contribution in [2.45, 2.75) is 39.0 Å². The maximum atomic E-state index is 12.1. The molecule has 1 atom stereocenters. The van der Waals surface area contributed by atoms with Gasteiger partial charge in [0.15, 0.2) is 0 Å². The Balaban J connectivity index is 2.39. The zero-order valence-corrected chi connectivity index (χ0v) is 14.7. The Bertz CT molecular complexity index is 653. The number of anilines is 1. The zero-order valence-electron chi connectivity index (χ0n) is 13.1. The van der Waals surface area contributed by atoms with Gasteiger partial charge in [0.1, 0.15) is 11.0 Å². The van der Waals surface area contributed by atoms with Gasteiger partial charge in [-0.2, -0.15) is 4.40 Å². The van der Waals surface area contributed by atoms with Crippen LogP contribution in [0.15, 0.2) is 16.5 Å². The molecule has 0 aliphatic carbocycles. The minimum atomic E-state index is -1.34. The second-order valence-corrected chi connectivity index (χ2v) is 8.43. The van der Waals surface area contributed by atoms with Gasteiger partial charge in [0.25, 0.3) is 0 Å². The predicted octanol–water partition coefficient (Wildman–Crippen LogP) is 3.59. The number of rotatable bonds is 3. The fourth-order valence-corrected chi connectivity index (χ4v) is 2.79. The highest BCUT2D eigenvalue weighted by Gasteiger charge is 2.24. The SMILES string of the molecule is CCN1Cc2c(/C=N/[S@@](=O)C(C)(C)C)cc(Cl)cc2NC1=O. The number of nitrogens with zero attached hydrogens (tertiary/aromatic N) is 2. The van der Waals surface area contributed by atoms with E-state index < -0.39 is 15.7 Å². The van der Waals surface area contributed by atoms with E-state index in [4.69, 9.17) is 11.6 Å². The van der Waals surface area contributed by atoms with E-state index >= 15 is 0 Å². The third-order valence-electron chi connectivity index (χ3n) is 3.32. The molecular weight excluding hydrogens is 322 g/mol. The molecule has 22 heavy (non-hydrogen) atoms. The Morgan fingerprint density at radius 1 is 1.45 bits per heavy atom. The van der Waals surface area contributed by atoms with Gasteiger partial charge in [-0.25, -0.2) is 9.00 Å². The average molecular weight is 342 g/mol. The molecule has 1 aromatic carbocycles. The maximum absolute atomic E-state index is 12.1. The minimum absolute atomic E-state index is 0.140. The van der Waals surface area contributed by atoms with Crippen molar-refractivity contribution in [3.8, 4) is 0 Å². The largest absolute Gasteiger partial charge is 0.322 e. The molecule has 7 heteroatoms. The van der Waals surface area contributed by atoms with Gasteiger partial charge in [-0.15, -0.1) is 0 Å². The number of amides is 2. The number of hydrogen-bond donors (Lipinski definition) is 1. The highest BCUT2D eigenvalue weighted by molar-refractivity contribution is 7.85. The standard InChI is InChI=1S/C15H20ClN3O2S/c1-5-19-9-12-10(8-17-22(21)15(2,3)4)6-11(16)7-13(12)18-14(19)20/h6-8H,5,9H2,1-4H3,(H,18,20)/b17-8+/t22-/m0/s1. The van der Waals surface area contributed by atoms with Crippen LogP contribution < -0.4 is 5.32 Å². The molecule has 120 valence electrons. The van der Waals surface area contributed by atoms with E-state index in [2.05, 4.69) is 9.71 Å². The van der Waals surface area contributed by atoms with Crippen LogP contribution in [0.2, 0.25) is 5.02 Å². The lowest BCUT2D eigenvalue weighted by Gasteiger charge is -2.29. The van der Waals surface area contributed by atoms with Crippen molar-refractivity contribution in [1.29, 1.82) is 0 Å². The number of carbonyl (C=O) groups excluding carboxylic acids is 1. The van der Waals surface area contributed by atoms with Gasteiger partial charge in [-0.1, -0.05) is 11.6 Å². The summed E-state index contributed by atoms with van der Waals surface area (Å²) in [6.07, 6.45) is 1.58. The van der Waals surface area contributed by atoms with E-state index in [9.17, 15) is 9.00 Å². The first-order valence-corrected chi connectivity index (χ1v) is 8.55. The lowest BCUT2D eigenvalue weighted by atomic mass is 10.0. The lowest BCUT2D eigenvalue weighted by molar-refractivity contribution is 0.210. The van der Waals surface area contributed by atoms with Crippen molar-refractivity contribution in [3.05, 3.63) is 28.3 Å². The summed E-state index contributed by atoms with van der Waals surface area (Å²) in [5.74, 6) is 0. The maximum Gasteiger partial charge on any atom is 0.322 e. The van der Waals surface area contributed by atoms with E-state index in [-0.39, 0.29) is 6.03 Å². The number of nitrogens with one attached hydrogen (secondary N) is 1. The van der Waals surface area contributed by atoms with Crippen LogP contribution in [-0.4, -0.2) is 32.6 Å². The summed E-state index contributed by atoms with van der Waals surface area (Å²) in [5, 5.41) is 3.33. The summed E-state index contributed by atoms with van der Waals surface area (Å²) in [5.41, 5.74) is 2.39. The Kier molecular flexibility index (Phi) is 4.92. The van der Waals surface area contributed by atoms with Gasteiger partial charge in [-0.3, -0.25) is 0 Å². The number of carbonyl (C=O) groups is 1. The molecule has 1 aromatic rings. The van der Waals surface area contributed by atoms with Crippen molar-refractivity contribution in [2.75, 3.05) is 11.9 Å². The van der Waals surface area contributed by atoms with Gasteiger partial charge in [0.2, 0.25) is 0 Å². The van der Waals surface area contributed by atoms with Crippen LogP contribution >= 0.6 is 11.6 Å². The molecule has 1 aliphatic rings. The highest BCUT2D eigenvalue weighted by atomic mass is 35.5. The fraction of sp³-hybridized carbons (Fsp3) is 0.467. The normalized spacial score (nSPS) is 16.6. The van der Waals surface area contributed by atoms with Crippen molar-refractivity contribution in [2.24, 2.45) is 4.40 Å². The molecule has 1 aliphatic heterocycles. The molecular formula is C15H20ClN3O2S. The molecule has 0 saturated carbocycles. The van der Waals surface area contributed by atoms with Gasteiger partial charge in [0, 0.05) is 34.6 Å². The van der Waals surface area contributed by atoms with Gasteiger partial charge >= 0.3 is 6.03 Å². The second-order valence-electron chi connectivity index (χ2n) is 6.06. The molecule has 0 spiro atoms. The monoisotopic (exact) mass is 341 g/mol. The first kappa shape index (κ1) is 17.0. The molecule has 0 saturated heterocycles. The fourth-order valence-electron chi connectivity index (χ4n) is 2.04. The molecule has 2 amide bonds. The first-order valence-electron chi connectivity index (χ1n) is 7.06. The summed E-state index contributed by atoms with van der Waals surface area (Å²) in [4.78, 5) is 13.6. The average Bonchev–Trinajstić information content (AvgIpc) is 2.42. The first-order chi connectivity index (χ1) is 10.2. The van der Waals surface area contributed by atoms with Gasteiger partial charge < -0.3 is 10.2 Å². The number of benzene rings is 1. The Labute approximate surface area is 138 Å². The van der Waals surface area contributed by atoms with Crippen LogP contribution in [-0.2, 0) is 17.5 Å². The molecule has 0 aromatic heterocycles. The predicted molar refractivity (Wildman–Crippen MR) is 92.0 cm³/mol. The smallest absolute Gasteiger partial charge is 0.320 e. The number of halogens is 1. The molecule has 0 unspecified atom stereocenters. The summed E-state index contributed by atoms with van der Waals surface area (Å²) < 4.78 is 15.8. The zero-order chi connectivity index (χ0) is 16.5. The van der Waals surface area contributed by atoms with Crippen molar-refractivity contribution >= 4 is 40.5 Å². The molecule has 2 rings (SSSR count). The molecule has 0 fully saturated rings. The summed E-state index contributed by atoms with van der Waals surface area (Å²) in [6.45, 7) is 8.62. The molecule has 5 nitrogen and oxygen atoms in total. The third kappa shape index (κ3) is 3.67. The highest BCUT2D eigenvalue weighted by Crippen LogP contribution is 2.29. The quantitative estimate of drug-likeness (QED) is 0.854. The summed E-state index contributed by atoms with van der Waals surface area (Å²) >= 11 is 6.10. The molecule has 1 heterocycles. The number of fused-ring (bicyclic) bond motifs is 1. The van der Waals surface area contributed by atoms with E-state index in [1.807, 2.05) is 27.7 Å². The van der Waals surface area contributed by atoms with Crippen LogP contribution in [0.25, 0.3) is 0 Å². The summed E-state index contributed by atoms with van der Waals surface area (Å²) in [6, 6.07) is 3.35. The summed E-state index contributed by atoms with van der Waals surface area (Å²) in [7, 11) is -1.34. The van der Waals surface area contributed by atoms with E-state index in [0.29, 0.717) is 23.8 Å². The second kappa shape index (κ2) is 6.38. The van der Waals surface area contributed by atoms with Crippen LogP contribution in [0.4, 0.5) is 10.5 Å². The number of hydrogen-bond acceptors (Lipinski definition) is 2.